The van der Waals surface area contributed by atoms with Crippen molar-refractivity contribution in [3.05, 3.63) is 28.4 Å². The Morgan fingerprint density at radius 3 is 3.00 bits per heavy atom. The summed E-state index contributed by atoms with van der Waals surface area (Å²) < 4.78 is 0. The second-order valence-corrected chi connectivity index (χ2v) is 3.52. The fourth-order valence-corrected chi connectivity index (χ4v) is 1.42. The fraction of sp³-hybridized carbons (Fsp3) is 0.500. The van der Waals surface area contributed by atoms with E-state index in [9.17, 15) is 10.1 Å². The van der Waals surface area contributed by atoms with Crippen molar-refractivity contribution in [2.24, 2.45) is 5.73 Å². The Hall–Kier alpha value is -1.69. The number of hydrogen-bond acceptors (Lipinski definition) is 5. The van der Waals surface area contributed by atoms with Crippen molar-refractivity contribution < 1.29 is 4.92 Å². The van der Waals surface area contributed by atoms with Crippen molar-refractivity contribution in [1.82, 2.24) is 4.98 Å². The molecule has 1 unspecified atom stereocenters. The molecule has 1 heterocycles. The Balaban J connectivity index is 2.72. The van der Waals surface area contributed by atoms with Crippen LogP contribution in [0.4, 0.5) is 11.5 Å². The lowest BCUT2D eigenvalue weighted by atomic mass is 10.1. The highest BCUT2D eigenvalue weighted by Gasteiger charge is 2.10. The first kappa shape index (κ1) is 12.4. The molecule has 0 saturated carbocycles. The van der Waals surface area contributed by atoms with Gasteiger partial charge in [0, 0.05) is 24.8 Å². The molecular formula is C10H16N4O2. The van der Waals surface area contributed by atoms with E-state index in [1.807, 2.05) is 0 Å². The largest absolute Gasteiger partial charge is 0.366 e. The molecule has 16 heavy (non-hydrogen) atoms. The van der Waals surface area contributed by atoms with E-state index in [1.54, 1.807) is 0 Å². The highest BCUT2D eigenvalue weighted by molar-refractivity contribution is 5.44. The molecule has 1 rings (SSSR count). The minimum absolute atomic E-state index is 0.0322. The molecule has 6 heteroatoms. The van der Waals surface area contributed by atoms with Crippen molar-refractivity contribution in [3.8, 4) is 0 Å². The van der Waals surface area contributed by atoms with Gasteiger partial charge >= 0.3 is 0 Å². The maximum absolute atomic E-state index is 10.6. The predicted octanol–water partition coefficient (Wildman–Crippen LogP) is 1.53. The van der Waals surface area contributed by atoms with Crippen LogP contribution in [0, 0.1) is 10.1 Å². The van der Waals surface area contributed by atoms with Crippen molar-refractivity contribution in [2.75, 3.05) is 11.9 Å². The molecule has 1 aromatic rings. The fourth-order valence-electron chi connectivity index (χ4n) is 1.42. The maximum atomic E-state index is 10.6. The lowest BCUT2D eigenvalue weighted by Crippen LogP contribution is -2.28. The first-order valence-corrected chi connectivity index (χ1v) is 5.24. The van der Waals surface area contributed by atoms with Gasteiger partial charge in [-0.2, -0.15) is 0 Å². The molecule has 0 bridgehead atoms. The van der Waals surface area contributed by atoms with Crippen LogP contribution >= 0.6 is 0 Å². The molecule has 0 fully saturated rings. The smallest absolute Gasteiger partial charge is 0.274 e. The number of aromatic nitrogens is 1. The van der Waals surface area contributed by atoms with Crippen LogP contribution in [-0.2, 0) is 0 Å². The molecule has 0 aliphatic carbocycles. The van der Waals surface area contributed by atoms with E-state index < -0.39 is 4.92 Å². The number of rotatable bonds is 6. The van der Waals surface area contributed by atoms with Crippen LogP contribution in [0.3, 0.4) is 0 Å². The number of anilines is 1. The summed E-state index contributed by atoms with van der Waals surface area (Å²) in [5.74, 6) is 0.498. The van der Waals surface area contributed by atoms with Gasteiger partial charge in [-0.25, -0.2) is 4.98 Å². The molecule has 0 aliphatic heterocycles. The normalized spacial score (nSPS) is 12.1. The lowest BCUT2D eigenvalue weighted by molar-refractivity contribution is -0.384. The van der Waals surface area contributed by atoms with Crippen LogP contribution in [0.1, 0.15) is 19.8 Å². The molecule has 0 aliphatic rings. The van der Waals surface area contributed by atoms with Gasteiger partial charge in [0.15, 0.2) is 0 Å². The molecule has 0 aromatic carbocycles. The van der Waals surface area contributed by atoms with Crippen LogP contribution < -0.4 is 11.1 Å². The summed E-state index contributed by atoms with van der Waals surface area (Å²) in [6.07, 6.45) is 3.34. The van der Waals surface area contributed by atoms with E-state index in [4.69, 9.17) is 5.73 Å². The third kappa shape index (κ3) is 3.47. The quantitative estimate of drug-likeness (QED) is 0.564. The average molecular weight is 224 g/mol. The van der Waals surface area contributed by atoms with E-state index in [1.165, 1.54) is 18.3 Å². The molecule has 0 amide bonds. The SMILES string of the molecule is CCCC(CN)Nc1cc([N+](=O)[O-])ccn1. The van der Waals surface area contributed by atoms with Crippen molar-refractivity contribution in [2.45, 2.75) is 25.8 Å². The van der Waals surface area contributed by atoms with Crippen molar-refractivity contribution in [1.29, 1.82) is 0 Å². The number of hydrogen-bond donors (Lipinski definition) is 2. The molecule has 0 saturated heterocycles. The van der Waals surface area contributed by atoms with Gasteiger partial charge in [-0.15, -0.1) is 0 Å². The summed E-state index contributed by atoms with van der Waals surface area (Å²) >= 11 is 0. The Labute approximate surface area is 94.0 Å². The van der Waals surface area contributed by atoms with E-state index >= 15 is 0 Å². The summed E-state index contributed by atoms with van der Waals surface area (Å²) in [7, 11) is 0. The Kier molecular flexibility index (Phi) is 4.65. The monoisotopic (exact) mass is 224 g/mol. The van der Waals surface area contributed by atoms with Gasteiger partial charge in [-0.05, 0) is 6.42 Å². The molecule has 3 N–H and O–H groups in total. The summed E-state index contributed by atoms with van der Waals surface area (Å²) in [6, 6.07) is 2.89. The molecule has 0 spiro atoms. The minimum atomic E-state index is -0.440. The van der Waals surface area contributed by atoms with Gasteiger partial charge in [0.2, 0.25) is 0 Å². The number of pyridine rings is 1. The second-order valence-electron chi connectivity index (χ2n) is 3.52. The zero-order chi connectivity index (χ0) is 12.0. The Morgan fingerprint density at radius 1 is 1.69 bits per heavy atom. The van der Waals surface area contributed by atoms with Crippen LogP contribution in [0.5, 0.6) is 0 Å². The minimum Gasteiger partial charge on any atom is -0.366 e. The standard InChI is InChI=1S/C10H16N4O2/c1-2-3-8(7-11)13-10-6-9(14(15)16)4-5-12-10/h4-6,8H,2-3,7,11H2,1H3,(H,12,13). The third-order valence-electron chi connectivity index (χ3n) is 2.23. The summed E-state index contributed by atoms with van der Waals surface area (Å²) in [5, 5.41) is 13.6. The van der Waals surface area contributed by atoms with Gasteiger partial charge < -0.3 is 11.1 Å². The van der Waals surface area contributed by atoms with Crippen LogP contribution in [0.25, 0.3) is 0 Å². The predicted molar refractivity (Wildman–Crippen MR) is 62.3 cm³/mol. The van der Waals surface area contributed by atoms with E-state index in [-0.39, 0.29) is 11.7 Å². The summed E-state index contributed by atoms with van der Waals surface area (Å²) in [5.41, 5.74) is 5.61. The summed E-state index contributed by atoms with van der Waals surface area (Å²) in [6.45, 7) is 2.55. The highest BCUT2D eigenvalue weighted by Crippen LogP contribution is 2.15. The molecular weight excluding hydrogens is 208 g/mol. The van der Waals surface area contributed by atoms with Gasteiger partial charge in [-0.1, -0.05) is 13.3 Å². The average Bonchev–Trinajstić information content (AvgIpc) is 2.29. The molecule has 6 nitrogen and oxygen atoms in total. The highest BCUT2D eigenvalue weighted by atomic mass is 16.6. The number of nitrogens with one attached hydrogen (secondary N) is 1. The van der Waals surface area contributed by atoms with Crippen LogP contribution in [0.15, 0.2) is 18.3 Å². The second kappa shape index (κ2) is 6.02. The van der Waals surface area contributed by atoms with Gasteiger partial charge in [-0.3, -0.25) is 10.1 Å². The zero-order valence-electron chi connectivity index (χ0n) is 9.22. The third-order valence-corrected chi connectivity index (χ3v) is 2.23. The first-order chi connectivity index (χ1) is 7.67. The van der Waals surface area contributed by atoms with Crippen molar-refractivity contribution in [3.63, 3.8) is 0 Å². The van der Waals surface area contributed by atoms with E-state index in [2.05, 4.69) is 17.2 Å². The molecule has 1 atom stereocenters. The molecule has 88 valence electrons. The summed E-state index contributed by atoms with van der Waals surface area (Å²) in [4.78, 5) is 14.1. The maximum Gasteiger partial charge on any atom is 0.274 e. The van der Waals surface area contributed by atoms with E-state index in [0.29, 0.717) is 12.4 Å². The first-order valence-electron chi connectivity index (χ1n) is 5.24. The van der Waals surface area contributed by atoms with Gasteiger partial charge in [0.25, 0.3) is 5.69 Å². The zero-order valence-corrected chi connectivity index (χ0v) is 9.22. The number of nitrogens with two attached hydrogens (primary N) is 1. The van der Waals surface area contributed by atoms with Gasteiger partial charge in [0.05, 0.1) is 11.0 Å². The molecule has 0 radical (unpaired) electrons. The Morgan fingerprint density at radius 2 is 2.44 bits per heavy atom. The topological polar surface area (TPSA) is 94.1 Å². The molecule has 1 aromatic heterocycles. The van der Waals surface area contributed by atoms with Crippen LogP contribution in [0.2, 0.25) is 0 Å². The number of nitro groups is 1. The lowest BCUT2D eigenvalue weighted by Gasteiger charge is -2.15. The number of nitrogens with zero attached hydrogens (tertiary/aromatic N) is 2. The van der Waals surface area contributed by atoms with Crippen molar-refractivity contribution >= 4 is 11.5 Å². The van der Waals surface area contributed by atoms with Gasteiger partial charge in [0.1, 0.15) is 5.82 Å². The Bertz CT molecular complexity index is 356. The van der Waals surface area contributed by atoms with E-state index in [0.717, 1.165) is 12.8 Å². The van der Waals surface area contributed by atoms with Crippen LogP contribution in [-0.4, -0.2) is 22.5 Å².